The molecule has 136 valence electrons. The van der Waals surface area contributed by atoms with Gasteiger partial charge >= 0.3 is 0 Å². The van der Waals surface area contributed by atoms with Gasteiger partial charge in [-0.05, 0) is 55.5 Å². The summed E-state index contributed by atoms with van der Waals surface area (Å²) in [7, 11) is 1.79. The molecule has 1 amide bonds. The molecule has 0 unspecified atom stereocenters. The molecule has 8 heteroatoms. The lowest BCUT2D eigenvalue weighted by Gasteiger charge is -2.07. The van der Waals surface area contributed by atoms with Gasteiger partial charge in [0.25, 0.3) is 5.56 Å². The van der Waals surface area contributed by atoms with Crippen LogP contribution in [0, 0.1) is 24.3 Å². The van der Waals surface area contributed by atoms with Crippen molar-refractivity contribution in [2.24, 2.45) is 7.05 Å². The van der Waals surface area contributed by atoms with Crippen LogP contribution in [-0.4, -0.2) is 25.1 Å². The molecule has 3 rings (SSSR count). The van der Waals surface area contributed by atoms with Gasteiger partial charge in [-0.1, -0.05) is 18.2 Å². The van der Waals surface area contributed by atoms with Gasteiger partial charge < -0.3 is 5.32 Å². The first-order valence-corrected chi connectivity index (χ1v) is 9.22. The molecule has 26 heavy (non-hydrogen) atoms. The number of hydrogen-bond acceptors (Lipinski definition) is 3. The van der Waals surface area contributed by atoms with Crippen LogP contribution in [0.5, 0.6) is 0 Å². The highest BCUT2D eigenvalue weighted by atomic mass is 127. The predicted octanol–water partition coefficient (Wildman–Crippen LogP) is 2.54. The first-order valence-electron chi connectivity index (χ1n) is 8.14. The van der Waals surface area contributed by atoms with E-state index in [1.807, 2.05) is 51.1 Å². The maximum atomic E-state index is 12.8. The van der Waals surface area contributed by atoms with Crippen LogP contribution in [0.2, 0.25) is 0 Å². The zero-order valence-corrected chi connectivity index (χ0v) is 17.2. The number of anilines is 1. The largest absolute Gasteiger partial charge is 0.318 e. The van der Waals surface area contributed by atoms with Crippen molar-refractivity contribution < 1.29 is 4.79 Å². The lowest BCUT2D eigenvalue weighted by atomic mass is 10.3. The summed E-state index contributed by atoms with van der Waals surface area (Å²) in [4.78, 5) is 25.3. The van der Waals surface area contributed by atoms with Gasteiger partial charge in [0.2, 0.25) is 5.91 Å². The summed E-state index contributed by atoms with van der Waals surface area (Å²) >= 11 is 2.21. The van der Waals surface area contributed by atoms with Crippen LogP contribution < -0.4 is 10.9 Å². The summed E-state index contributed by atoms with van der Waals surface area (Å²) in [5.41, 5.74) is 3.29. The Bertz CT molecular complexity index is 1030. The molecule has 0 aliphatic carbocycles. The maximum Gasteiger partial charge on any atom is 0.295 e. The Morgan fingerprint density at radius 1 is 1.15 bits per heavy atom. The monoisotopic (exact) mass is 465 g/mol. The van der Waals surface area contributed by atoms with Crippen LogP contribution in [0.15, 0.2) is 35.1 Å². The summed E-state index contributed by atoms with van der Waals surface area (Å²) in [5, 5.41) is 7.12. The zero-order chi connectivity index (χ0) is 19.0. The van der Waals surface area contributed by atoms with Crippen LogP contribution in [0.25, 0.3) is 5.69 Å². The standard InChI is InChI=1S/C18H20IN5O2/c1-11-16(19)12(2)23(21-11)10-15(25)20-17-13(3)22(4)24(18(17)26)14-8-6-5-7-9-14/h5-9H,10H2,1-4H3,(H,20,25). The van der Waals surface area contributed by atoms with E-state index in [1.165, 1.54) is 4.68 Å². The number of carbonyl (C=O) groups is 1. The van der Waals surface area contributed by atoms with E-state index in [-0.39, 0.29) is 23.7 Å². The van der Waals surface area contributed by atoms with E-state index in [4.69, 9.17) is 0 Å². The average Bonchev–Trinajstić information content (AvgIpc) is 2.98. The summed E-state index contributed by atoms with van der Waals surface area (Å²) in [6.45, 7) is 5.70. The second kappa shape index (κ2) is 7.10. The molecule has 0 aliphatic heterocycles. The first-order chi connectivity index (χ1) is 12.3. The Labute approximate surface area is 164 Å². The Balaban J connectivity index is 1.90. The summed E-state index contributed by atoms with van der Waals surface area (Å²) in [5.74, 6) is -0.280. The molecule has 0 fully saturated rings. The van der Waals surface area contributed by atoms with Gasteiger partial charge in [0, 0.05) is 12.7 Å². The van der Waals surface area contributed by atoms with Crippen molar-refractivity contribution in [2.75, 3.05) is 5.32 Å². The number of aromatic nitrogens is 4. The number of nitrogens with one attached hydrogen (secondary N) is 1. The van der Waals surface area contributed by atoms with Crippen LogP contribution in [0.4, 0.5) is 5.69 Å². The number of para-hydroxylation sites is 1. The fourth-order valence-corrected chi connectivity index (χ4v) is 3.24. The number of hydrogen-bond donors (Lipinski definition) is 1. The summed E-state index contributed by atoms with van der Waals surface area (Å²) < 4.78 is 5.97. The van der Waals surface area contributed by atoms with E-state index in [2.05, 4.69) is 33.0 Å². The predicted molar refractivity (Wildman–Crippen MR) is 109 cm³/mol. The van der Waals surface area contributed by atoms with Crippen molar-refractivity contribution in [3.63, 3.8) is 0 Å². The highest BCUT2D eigenvalue weighted by Crippen LogP contribution is 2.16. The minimum atomic E-state index is -0.280. The normalized spacial score (nSPS) is 11.0. The Morgan fingerprint density at radius 3 is 2.38 bits per heavy atom. The molecular formula is C18H20IN5O2. The van der Waals surface area contributed by atoms with E-state index >= 15 is 0 Å². The Morgan fingerprint density at radius 2 is 1.81 bits per heavy atom. The third-order valence-electron chi connectivity index (χ3n) is 4.41. The quantitative estimate of drug-likeness (QED) is 0.602. The lowest BCUT2D eigenvalue weighted by molar-refractivity contribution is -0.116. The smallest absolute Gasteiger partial charge is 0.295 e. The maximum absolute atomic E-state index is 12.8. The van der Waals surface area contributed by atoms with E-state index < -0.39 is 0 Å². The summed E-state index contributed by atoms with van der Waals surface area (Å²) in [6.07, 6.45) is 0. The van der Waals surface area contributed by atoms with Gasteiger partial charge in [-0.2, -0.15) is 5.10 Å². The topological polar surface area (TPSA) is 73.8 Å². The number of rotatable bonds is 4. The average molecular weight is 465 g/mol. The van der Waals surface area contributed by atoms with Crippen molar-refractivity contribution in [1.29, 1.82) is 0 Å². The Kier molecular flexibility index (Phi) is 5.03. The third-order valence-corrected chi connectivity index (χ3v) is 5.97. The second-order valence-corrected chi connectivity index (χ2v) is 7.21. The van der Waals surface area contributed by atoms with Gasteiger partial charge in [0.15, 0.2) is 0 Å². The molecule has 0 atom stereocenters. The van der Waals surface area contributed by atoms with E-state index in [0.29, 0.717) is 5.69 Å². The molecule has 1 aromatic carbocycles. The number of halogens is 1. The molecule has 0 spiro atoms. The van der Waals surface area contributed by atoms with Crippen LogP contribution in [0.3, 0.4) is 0 Å². The molecule has 0 saturated heterocycles. The second-order valence-electron chi connectivity index (χ2n) is 6.13. The fourth-order valence-electron chi connectivity index (χ4n) is 2.86. The van der Waals surface area contributed by atoms with Crippen LogP contribution in [-0.2, 0) is 18.4 Å². The molecule has 0 radical (unpaired) electrons. The first kappa shape index (κ1) is 18.4. The van der Waals surface area contributed by atoms with Gasteiger partial charge in [-0.25, -0.2) is 4.68 Å². The van der Waals surface area contributed by atoms with Crippen molar-refractivity contribution in [1.82, 2.24) is 19.1 Å². The fraction of sp³-hybridized carbons (Fsp3) is 0.278. The van der Waals surface area contributed by atoms with Gasteiger partial charge in [-0.3, -0.25) is 19.0 Å². The number of nitrogens with zero attached hydrogens (tertiary/aromatic N) is 4. The minimum Gasteiger partial charge on any atom is -0.318 e. The molecule has 0 aliphatic rings. The molecule has 3 aromatic rings. The van der Waals surface area contributed by atoms with Gasteiger partial charge in [0.1, 0.15) is 12.2 Å². The molecule has 2 heterocycles. The lowest BCUT2D eigenvalue weighted by Crippen LogP contribution is -2.25. The highest BCUT2D eigenvalue weighted by molar-refractivity contribution is 14.1. The van der Waals surface area contributed by atoms with E-state index in [9.17, 15) is 9.59 Å². The number of amides is 1. The van der Waals surface area contributed by atoms with Crippen molar-refractivity contribution in [3.05, 3.63) is 61.3 Å². The zero-order valence-electron chi connectivity index (χ0n) is 15.1. The minimum absolute atomic E-state index is 0.0643. The molecule has 2 aromatic heterocycles. The van der Waals surface area contributed by atoms with Gasteiger partial charge in [0.05, 0.1) is 20.6 Å². The SMILES string of the molecule is Cc1nn(CC(=O)Nc2c(C)n(C)n(-c3ccccc3)c2=O)c(C)c1I. The molecular weight excluding hydrogens is 445 g/mol. The molecule has 1 N–H and O–H groups in total. The van der Waals surface area contributed by atoms with Crippen molar-refractivity contribution in [3.8, 4) is 5.69 Å². The van der Waals surface area contributed by atoms with Crippen molar-refractivity contribution >= 4 is 34.2 Å². The molecule has 0 saturated carbocycles. The van der Waals surface area contributed by atoms with E-state index in [1.54, 1.807) is 16.4 Å². The Hall–Kier alpha value is -2.36. The van der Waals surface area contributed by atoms with E-state index in [0.717, 1.165) is 20.6 Å². The summed E-state index contributed by atoms with van der Waals surface area (Å²) in [6, 6.07) is 9.33. The highest BCUT2D eigenvalue weighted by Gasteiger charge is 2.19. The van der Waals surface area contributed by atoms with Crippen molar-refractivity contribution in [2.45, 2.75) is 27.3 Å². The number of aryl methyl sites for hydroxylation is 1. The molecule has 0 bridgehead atoms. The van der Waals surface area contributed by atoms with Crippen LogP contribution in [0.1, 0.15) is 17.1 Å². The van der Waals surface area contributed by atoms with Crippen LogP contribution >= 0.6 is 22.6 Å². The molecule has 7 nitrogen and oxygen atoms in total. The third kappa shape index (κ3) is 3.20. The number of benzene rings is 1. The van der Waals surface area contributed by atoms with Gasteiger partial charge in [-0.15, -0.1) is 0 Å². The number of carbonyl (C=O) groups excluding carboxylic acids is 1.